The fourth-order valence-corrected chi connectivity index (χ4v) is 2.98. The number of hydrogen-bond donors (Lipinski definition) is 2. The van der Waals surface area contributed by atoms with Gasteiger partial charge in [0.25, 0.3) is 0 Å². The van der Waals surface area contributed by atoms with Gasteiger partial charge in [-0.3, -0.25) is 10.00 Å². The number of hydrogen-bond acceptors (Lipinski definition) is 3. The lowest BCUT2D eigenvalue weighted by molar-refractivity contribution is 0.278. The quantitative estimate of drug-likeness (QED) is 0.715. The lowest BCUT2D eigenvalue weighted by Gasteiger charge is -2.18. The fourth-order valence-electron chi connectivity index (χ4n) is 2.98. The van der Waals surface area contributed by atoms with E-state index in [9.17, 15) is 0 Å². The SMILES string of the molecule is CCN(CCc1nc2ccc(C)cc2[nH]1)Cc1cc(C(C)(C)C)n[nH]1. The average molecular weight is 339 g/mol. The molecule has 0 spiro atoms. The van der Waals surface area contributed by atoms with E-state index in [2.05, 4.69) is 79.0 Å². The molecule has 5 heteroatoms. The Morgan fingerprint density at radius 1 is 1.16 bits per heavy atom. The van der Waals surface area contributed by atoms with Crippen LogP contribution in [0.4, 0.5) is 0 Å². The van der Waals surface area contributed by atoms with Gasteiger partial charge in [-0.15, -0.1) is 0 Å². The van der Waals surface area contributed by atoms with Crippen LogP contribution in [0.1, 0.15) is 50.5 Å². The van der Waals surface area contributed by atoms with E-state index in [1.807, 2.05) is 0 Å². The molecule has 0 aliphatic heterocycles. The number of nitrogens with zero attached hydrogens (tertiary/aromatic N) is 3. The summed E-state index contributed by atoms with van der Waals surface area (Å²) in [6, 6.07) is 8.53. The summed E-state index contributed by atoms with van der Waals surface area (Å²) in [6.07, 6.45) is 0.918. The van der Waals surface area contributed by atoms with Crippen molar-refractivity contribution in [3.8, 4) is 0 Å². The van der Waals surface area contributed by atoms with Crippen molar-refractivity contribution < 1.29 is 0 Å². The van der Waals surface area contributed by atoms with E-state index in [1.54, 1.807) is 0 Å². The minimum atomic E-state index is 0.0815. The normalized spacial score (nSPS) is 12.4. The van der Waals surface area contributed by atoms with E-state index >= 15 is 0 Å². The third kappa shape index (κ3) is 4.28. The van der Waals surface area contributed by atoms with Crippen molar-refractivity contribution in [1.29, 1.82) is 0 Å². The number of rotatable bonds is 6. The highest BCUT2D eigenvalue weighted by Gasteiger charge is 2.18. The van der Waals surface area contributed by atoms with Crippen LogP contribution >= 0.6 is 0 Å². The van der Waals surface area contributed by atoms with E-state index in [4.69, 9.17) is 4.98 Å². The van der Waals surface area contributed by atoms with Crippen molar-refractivity contribution in [2.75, 3.05) is 13.1 Å². The molecule has 0 aliphatic rings. The minimum Gasteiger partial charge on any atom is -0.342 e. The summed E-state index contributed by atoms with van der Waals surface area (Å²) in [7, 11) is 0. The molecule has 2 aromatic heterocycles. The molecule has 0 atom stereocenters. The topological polar surface area (TPSA) is 60.6 Å². The van der Waals surface area contributed by atoms with Crippen molar-refractivity contribution in [2.24, 2.45) is 0 Å². The second-order valence-electron chi connectivity index (χ2n) is 7.85. The van der Waals surface area contributed by atoms with Crippen molar-refractivity contribution in [1.82, 2.24) is 25.1 Å². The van der Waals surface area contributed by atoms with Crippen molar-refractivity contribution in [2.45, 2.75) is 53.0 Å². The zero-order valence-electron chi connectivity index (χ0n) is 16.0. The van der Waals surface area contributed by atoms with Crippen LogP contribution in [0.15, 0.2) is 24.3 Å². The lowest BCUT2D eigenvalue weighted by Crippen LogP contribution is -2.25. The van der Waals surface area contributed by atoms with Crippen molar-refractivity contribution in [3.05, 3.63) is 47.0 Å². The molecular weight excluding hydrogens is 310 g/mol. The van der Waals surface area contributed by atoms with Crippen LogP contribution in [0.5, 0.6) is 0 Å². The third-order valence-electron chi connectivity index (χ3n) is 4.59. The van der Waals surface area contributed by atoms with Gasteiger partial charge < -0.3 is 4.98 Å². The molecule has 5 nitrogen and oxygen atoms in total. The smallest absolute Gasteiger partial charge is 0.108 e. The zero-order chi connectivity index (χ0) is 18.0. The van der Waals surface area contributed by atoms with Gasteiger partial charge in [0.15, 0.2) is 0 Å². The second kappa shape index (κ2) is 7.00. The number of aromatic amines is 2. The standard InChI is InChI=1S/C20H29N5/c1-6-25(13-15-12-18(24-23-15)20(3,4)5)10-9-19-21-16-8-7-14(2)11-17(16)22-19/h7-8,11-12H,6,9-10,13H2,1-5H3,(H,21,22)(H,23,24). The van der Waals surface area contributed by atoms with Gasteiger partial charge in [-0.1, -0.05) is 33.8 Å². The summed E-state index contributed by atoms with van der Waals surface area (Å²) in [4.78, 5) is 10.6. The summed E-state index contributed by atoms with van der Waals surface area (Å²) in [5.74, 6) is 1.05. The van der Waals surface area contributed by atoms with Gasteiger partial charge in [0.05, 0.1) is 16.7 Å². The summed E-state index contributed by atoms with van der Waals surface area (Å²) in [5.41, 5.74) is 5.80. The van der Waals surface area contributed by atoms with Crippen LogP contribution in [-0.4, -0.2) is 38.2 Å². The van der Waals surface area contributed by atoms with Gasteiger partial charge in [-0.25, -0.2) is 4.98 Å². The molecule has 0 saturated heterocycles. The molecule has 1 aromatic carbocycles. The van der Waals surface area contributed by atoms with Gasteiger partial charge in [0, 0.05) is 30.6 Å². The van der Waals surface area contributed by atoms with Gasteiger partial charge in [0.1, 0.15) is 5.82 Å². The highest BCUT2D eigenvalue weighted by atomic mass is 15.2. The molecule has 134 valence electrons. The van der Waals surface area contributed by atoms with Gasteiger partial charge in [-0.2, -0.15) is 5.10 Å². The highest BCUT2D eigenvalue weighted by molar-refractivity contribution is 5.75. The molecule has 2 heterocycles. The maximum Gasteiger partial charge on any atom is 0.108 e. The maximum absolute atomic E-state index is 4.70. The van der Waals surface area contributed by atoms with Gasteiger partial charge >= 0.3 is 0 Å². The molecule has 0 unspecified atom stereocenters. The number of nitrogens with one attached hydrogen (secondary N) is 2. The Bertz CT molecular complexity index is 837. The van der Waals surface area contributed by atoms with Crippen LogP contribution in [0.25, 0.3) is 11.0 Å². The molecule has 0 radical (unpaired) electrons. The molecule has 0 saturated carbocycles. The van der Waals surface area contributed by atoms with Crippen LogP contribution in [0.3, 0.4) is 0 Å². The Balaban J connectivity index is 1.62. The lowest BCUT2D eigenvalue weighted by atomic mass is 9.92. The summed E-state index contributed by atoms with van der Waals surface area (Å²) >= 11 is 0. The Morgan fingerprint density at radius 3 is 2.64 bits per heavy atom. The van der Waals surface area contributed by atoms with Crippen LogP contribution in [-0.2, 0) is 18.4 Å². The summed E-state index contributed by atoms with van der Waals surface area (Å²) in [6.45, 7) is 13.7. The molecule has 0 bridgehead atoms. The predicted octanol–water partition coefficient (Wildman–Crippen LogP) is 3.96. The largest absolute Gasteiger partial charge is 0.342 e. The first kappa shape index (κ1) is 17.7. The first-order chi connectivity index (χ1) is 11.8. The molecule has 2 N–H and O–H groups in total. The molecular formula is C20H29N5. The molecule has 0 amide bonds. The number of benzene rings is 1. The number of aromatic nitrogens is 4. The molecule has 0 aliphatic carbocycles. The van der Waals surface area contributed by atoms with Crippen LogP contribution in [0, 0.1) is 6.92 Å². The molecule has 3 rings (SSSR count). The first-order valence-corrected chi connectivity index (χ1v) is 9.07. The fraction of sp³-hybridized carbons (Fsp3) is 0.500. The maximum atomic E-state index is 4.70. The Kier molecular flexibility index (Phi) is 4.95. The second-order valence-corrected chi connectivity index (χ2v) is 7.85. The van der Waals surface area contributed by atoms with Gasteiger partial charge in [-0.05, 0) is 37.2 Å². The summed E-state index contributed by atoms with van der Waals surface area (Å²) < 4.78 is 0. The van der Waals surface area contributed by atoms with Gasteiger partial charge in [0.2, 0.25) is 0 Å². The van der Waals surface area contributed by atoms with E-state index in [0.29, 0.717) is 0 Å². The van der Waals surface area contributed by atoms with E-state index < -0.39 is 0 Å². The van der Waals surface area contributed by atoms with Crippen molar-refractivity contribution in [3.63, 3.8) is 0 Å². The van der Waals surface area contributed by atoms with E-state index in [1.165, 1.54) is 11.3 Å². The summed E-state index contributed by atoms with van der Waals surface area (Å²) in [5, 5.41) is 7.65. The van der Waals surface area contributed by atoms with E-state index in [-0.39, 0.29) is 5.41 Å². The van der Waals surface area contributed by atoms with Crippen LogP contribution < -0.4 is 0 Å². The predicted molar refractivity (Wildman–Crippen MR) is 103 cm³/mol. The number of fused-ring (bicyclic) bond motifs is 1. The van der Waals surface area contributed by atoms with Crippen LogP contribution in [0.2, 0.25) is 0 Å². The third-order valence-corrected chi connectivity index (χ3v) is 4.59. The minimum absolute atomic E-state index is 0.0815. The monoisotopic (exact) mass is 339 g/mol. The molecule has 0 fully saturated rings. The first-order valence-electron chi connectivity index (χ1n) is 9.07. The Labute approximate surface area is 149 Å². The number of aryl methyl sites for hydroxylation is 1. The molecule has 25 heavy (non-hydrogen) atoms. The Hall–Kier alpha value is -2.14. The number of imidazole rings is 1. The molecule has 3 aromatic rings. The number of likely N-dealkylation sites (N-methyl/N-ethyl adjacent to an activating group) is 1. The Morgan fingerprint density at radius 2 is 1.96 bits per heavy atom. The van der Waals surface area contributed by atoms with E-state index in [0.717, 1.165) is 48.6 Å². The average Bonchev–Trinajstić information content (AvgIpc) is 3.16. The number of H-pyrrole nitrogens is 2. The zero-order valence-corrected chi connectivity index (χ0v) is 16.0. The highest BCUT2D eigenvalue weighted by Crippen LogP contribution is 2.21. The van der Waals surface area contributed by atoms with Crippen molar-refractivity contribution >= 4 is 11.0 Å².